The lowest BCUT2D eigenvalue weighted by Crippen LogP contribution is -2.00. The molecule has 0 bridgehead atoms. The summed E-state index contributed by atoms with van der Waals surface area (Å²) in [5, 5.41) is 3.04. The number of rotatable bonds is 3. The Bertz CT molecular complexity index is 487. The van der Waals surface area contributed by atoms with Gasteiger partial charge in [0.05, 0.1) is 12.8 Å². The van der Waals surface area contributed by atoms with Gasteiger partial charge in [-0.25, -0.2) is 4.98 Å². The SMILES string of the molecule is COc1ccccc1Nc1nccc(N)n1. The number of para-hydroxylation sites is 2. The summed E-state index contributed by atoms with van der Waals surface area (Å²) in [5.74, 6) is 1.60. The highest BCUT2D eigenvalue weighted by Gasteiger charge is 2.03. The van der Waals surface area contributed by atoms with Crippen LogP contribution in [0.3, 0.4) is 0 Å². The molecular formula is C11H12N4O. The molecule has 1 aromatic carbocycles. The van der Waals surface area contributed by atoms with Gasteiger partial charge in [0.1, 0.15) is 11.6 Å². The topological polar surface area (TPSA) is 73.1 Å². The molecule has 0 saturated carbocycles. The van der Waals surface area contributed by atoms with E-state index in [1.807, 2.05) is 24.3 Å². The van der Waals surface area contributed by atoms with Crippen molar-refractivity contribution in [3.05, 3.63) is 36.5 Å². The smallest absolute Gasteiger partial charge is 0.229 e. The van der Waals surface area contributed by atoms with E-state index in [4.69, 9.17) is 10.5 Å². The van der Waals surface area contributed by atoms with Gasteiger partial charge in [-0.3, -0.25) is 0 Å². The average molecular weight is 216 g/mol. The van der Waals surface area contributed by atoms with Crippen molar-refractivity contribution in [1.82, 2.24) is 9.97 Å². The van der Waals surface area contributed by atoms with Crippen molar-refractivity contribution in [3.8, 4) is 5.75 Å². The number of anilines is 3. The minimum Gasteiger partial charge on any atom is -0.495 e. The third kappa shape index (κ3) is 2.20. The van der Waals surface area contributed by atoms with E-state index >= 15 is 0 Å². The number of nitrogen functional groups attached to an aromatic ring is 1. The van der Waals surface area contributed by atoms with Crippen LogP contribution in [-0.4, -0.2) is 17.1 Å². The number of ether oxygens (including phenoxy) is 1. The molecule has 0 atom stereocenters. The second kappa shape index (κ2) is 4.48. The zero-order valence-electron chi connectivity index (χ0n) is 8.84. The molecule has 0 radical (unpaired) electrons. The lowest BCUT2D eigenvalue weighted by Gasteiger charge is -2.09. The van der Waals surface area contributed by atoms with Gasteiger partial charge in [0.25, 0.3) is 0 Å². The molecule has 82 valence electrons. The van der Waals surface area contributed by atoms with Crippen LogP contribution >= 0.6 is 0 Å². The number of hydrogen-bond acceptors (Lipinski definition) is 5. The molecule has 16 heavy (non-hydrogen) atoms. The van der Waals surface area contributed by atoms with E-state index in [1.165, 1.54) is 0 Å². The molecule has 0 spiro atoms. The largest absolute Gasteiger partial charge is 0.495 e. The Morgan fingerprint density at radius 2 is 2.06 bits per heavy atom. The van der Waals surface area contributed by atoms with Crippen molar-refractivity contribution >= 4 is 17.5 Å². The molecule has 2 aromatic rings. The summed E-state index contributed by atoms with van der Waals surface area (Å²) in [6, 6.07) is 9.16. The van der Waals surface area contributed by atoms with Gasteiger partial charge in [0, 0.05) is 6.20 Å². The number of nitrogens with two attached hydrogens (primary N) is 1. The summed E-state index contributed by atoms with van der Waals surface area (Å²) in [5.41, 5.74) is 6.36. The molecule has 5 nitrogen and oxygen atoms in total. The number of methoxy groups -OCH3 is 1. The van der Waals surface area contributed by atoms with Crippen LogP contribution in [0.15, 0.2) is 36.5 Å². The van der Waals surface area contributed by atoms with Gasteiger partial charge in [-0.05, 0) is 18.2 Å². The lowest BCUT2D eigenvalue weighted by atomic mass is 10.3. The van der Waals surface area contributed by atoms with Gasteiger partial charge in [-0.1, -0.05) is 12.1 Å². The maximum Gasteiger partial charge on any atom is 0.229 e. The number of nitrogens with zero attached hydrogens (tertiary/aromatic N) is 2. The molecule has 0 amide bonds. The maximum atomic E-state index is 5.56. The molecule has 0 aliphatic carbocycles. The first-order chi connectivity index (χ1) is 7.79. The first-order valence-electron chi connectivity index (χ1n) is 4.78. The lowest BCUT2D eigenvalue weighted by molar-refractivity contribution is 0.417. The quantitative estimate of drug-likeness (QED) is 0.818. The van der Waals surface area contributed by atoms with Gasteiger partial charge >= 0.3 is 0 Å². The van der Waals surface area contributed by atoms with Crippen LogP contribution in [0.25, 0.3) is 0 Å². The summed E-state index contributed by atoms with van der Waals surface area (Å²) in [6.45, 7) is 0. The summed E-state index contributed by atoms with van der Waals surface area (Å²) in [7, 11) is 1.61. The zero-order chi connectivity index (χ0) is 11.4. The monoisotopic (exact) mass is 216 g/mol. The molecule has 0 fully saturated rings. The fraction of sp³-hybridized carbons (Fsp3) is 0.0909. The Morgan fingerprint density at radius 3 is 2.81 bits per heavy atom. The van der Waals surface area contributed by atoms with Crippen LogP contribution < -0.4 is 15.8 Å². The minimum atomic E-state index is 0.424. The Balaban J connectivity index is 2.26. The van der Waals surface area contributed by atoms with Crippen molar-refractivity contribution in [1.29, 1.82) is 0 Å². The van der Waals surface area contributed by atoms with E-state index in [0.717, 1.165) is 11.4 Å². The minimum absolute atomic E-state index is 0.424. The summed E-state index contributed by atoms with van der Waals surface area (Å²) < 4.78 is 5.20. The first-order valence-corrected chi connectivity index (χ1v) is 4.78. The molecule has 0 aliphatic heterocycles. The number of benzene rings is 1. The zero-order valence-corrected chi connectivity index (χ0v) is 8.84. The number of hydrogen-bond donors (Lipinski definition) is 2. The Morgan fingerprint density at radius 1 is 1.25 bits per heavy atom. The highest BCUT2D eigenvalue weighted by molar-refractivity contribution is 5.62. The van der Waals surface area contributed by atoms with Crippen molar-refractivity contribution in [2.75, 3.05) is 18.2 Å². The van der Waals surface area contributed by atoms with Crippen LogP contribution in [0.5, 0.6) is 5.75 Å². The standard InChI is InChI=1S/C11H12N4O/c1-16-9-5-3-2-4-8(9)14-11-13-7-6-10(12)15-11/h2-7H,1H3,(H3,12,13,14,15). The molecule has 3 N–H and O–H groups in total. The van der Waals surface area contributed by atoms with Crippen LogP contribution in [0.4, 0.5) is 17.5 Å². The molecular weight excluding hydrogens is 204 g/mol. The van der Waals surface area contributed by atoms with Crippen molar-refractivity contribution < 1.29 is 4.74 Å². The average Bonchev–Trinajstić information content (AvgIpc) is 2.30. The van der Waals surface area contributed by atoms with Gasteiger partial charge in [0.15, 0.2) is 0 Å². The number of aromatic nitrogens is 2. The van der Waals surface area contributed by atoms with E-state index in [2.05, 4.69) is 15.3 Å². The predicted octanol–water partition coefficient (Wildman–Crippen LogP) is 1.81. The number of nitrogens with one attached hydrogen (secondary N) is 1. The first kappa shape index (κ1) is 10.2. The molecule has 1 heterocycles. The van der Waals surface area contributed by atoms with Crippen molar-refractivity contribution in [2.24, 2.45) is 0 Å². The van der Waals surface area contributed by atoms with E-state index < -0.39 is 0 Å². The van der Waals surface area contributed by atoms with Crippen molar-refractivity contribution in [3.63, 3.8) is 0 Å². The van der Waals surface area contributed by atoms with Gasteiger partial charge < -0.3 is 15.8 Å². The molecule has 0 unspecified atom stereocenters. The molecule has 1 aromatic heterocycles. The Labute approximate surface area is 93.3 Å². The Hall–Kier alpha value is -2.30. The van der Waals surface area contributed by atoms with E-state index in [9.17, 15) is 0 Å². The molecule has 0 aliphatic rings. The summed E-state index contributed by atoms with van der Waals surface area (Å²) >= 11 is 0. The van der Waals surface area contributed by atoms with E-state index in [-0.39, 0.29) is 0 Å². The fourth-order valence-electron chi connectivity index (χ4n) is 1.30. The molecule has 2 rings (SSSR count). The van der Waals surface area contributed by atoms with Gasteiger partial charge in [-0.2, -0.15) is 4.98 Å². The van der Waals surface area contributed by atoms with Crippen LogP contribution in [-0.2, 0) is 0 Å². The second-order valence-corrected chi connectivity index (χ2v) is 3.13. The van der Waals surface area contributed by atoms with Crippen LogP contribution in [0, 0.1) is 0 Å². The predicted molar refractivity (Wildman–Crippen MR) is 62.7 cm³/mol. The molecule has 0 saturated heterocycles. The third-order valence-electron chi connectivity index (χ3n) is 2.03. The highest BCUT2D eigenvalue weighted by Crippen LogP contribution is 2.25. The maximum absolute atomic E-state index is 5.56. The fourth-order valence-corrected chi connectivity index (χ4v) is 1.30. The molecule has 5 heteroatoms. The summed E-state index contributed by atoms with van der Waals surface area (Å²) in [4.78, 5) is 8.10. The Kier molecular flexibility index (Phi) is 2.86. The third-order valence-corrected chi connectivity index (χ3v) is 2.03. The van der Waals surface area contributed by atoms with Crippen LogP contribution in [0.2, 0.25) is 0 Å². The second-order valence-electron chi connectivity index (χ2n) is 3.13. The van der Waals surface area contributed by atoms with E-state index in [1.54, 1.807) is 19.4 Å². The highest BCUT2D eigenvalue weighted by atomic mass is 16.5. The van der Waals surface area contributed by atoms with Crippen molar-refractivity contribution in [2.45, 2.75) is 0 Å². The van der Waals surface area contributed by atoms with Gasteiger partial charge in [0.2, 0.25) is 5.95 Å². The van der Waals surface area contributed by atoms with Gasteiger partial charge in [-0.15, -0.1) is 0 Å². The van der Waals surface area contributed by atoms with Crippen LogP contribution in [0.1, 0.15) is 0 Å². The van der Waals surface area contributed by atoms with E-state index in [0.29, 0.717) is 11.8 Å². The normalized spacial score (nSPS) is 9.81. The summed E-state index contributed by atoms with van der Waals surface area (Å²) in [6.07, 6.45) is 1.60.